The van der Waals surface area contributed by atoms with E-state index in [1.165, 1.54) is 12.4 Å². The molecule has 0 spiro atoms. The van der Waals surface area contributed by atoms with Gasteiger partial charge in [-0.1, -0.05) is 42.5 Å². The molecule has 0 aliphatic rings. The molecule has 2 heterocycles. The lowest BCUT2D eigenvalue weighted by Gasteiger charge is -2.09. The number of fused-ring (bicyclic) bond motifs is 2. The molecule has 0 atom stereocenters. The second-order valence-electron chi connectivity index (χ2n) is 4.96. The van der Waals surface area contributed by atoms with Gasteiger partial charge < -0.3 is 10.1 Å². The molecule has 5 nitrogen and oxygen atoms in total. The summed E-state index contributed by atoms with van der Waals surface area (Å²) in [6, 6.07) is 13.4. The van der Waals surface area contributed by atoms with Crippen LogP contribution in [0.2, 0.25) is 0 Å². The van der Waals surface area contributed by atoms with E-state index in [4.69, 9.17) is 0 Å². The predicted molar refractivity (Wildman–Crippen MR) is 84.8 cm³/mol. The average Bonchev–Trinajstić information content (AvgIpc) is 2.55. The molecule has 0 aliphatic carbocycles. The largest absolute Gasteiger partial charge is 0.505 e. The molecule has 0 unspecified atom stereocenters. The van der Waals surface area contributed by atoms with Gasteiger partial charge in [-0.25, -0.2) is 9.97 Å². The van der Waals surface area contributed by atoms with Crippen molar-refractivity contribution >= 4 is 21.9 Å². The number of aromatic nitrogens is 3. The van der Waals surface area contributed by atoms with Crippen molar-refractivity contribution < 1.29 is 5.11 Å². The van der Waals surface area contributed by atoms with Crippen LogP contribution in [0.25, 0.3) is 33.1 Å². The third-order valence-corrected chi connectivity index (χ3v) is 3.68. The second-order valence-corrected chi connectivity index (χ2v) is 4.96. The minimum atomic E-state index is -0.387. The van der Waals surface area contributed by atoms with Gasteiger partial charge in [0.05, 0.1) is 5.56 Å². The van der Waals surface area contributed by atoms with Crippen molar-refractivity contribution in [2.24, 2.45) is 0 Å². The zero-order valence-electron chi connectivity index (χ0n) is 11.4. The molecule has 5 heteroatoms. The third-order valence-electron chi connectivity index (χ3n) is 3.68. The summed E-state index contributed by atoms with van der Waals surface area (Å²) < 4.78 is 0. The monoisotopic (exact) mass is 289 g/mol. The van der Waals surface area contributed by atoms with Crippen molar-refractivity contribution in [3.8, 4) is 16.9 Å². The summed E-state index contributed by atoms with van der Waals surface area (Å²) in [6.07, 6.45) is 2.95. The number of pyridine rings is 1. The number of hydrogen-bond donors (Lipinski definition) is 2. The van der Waals surface area contributed by atoms with E-state index >= 15 is 0 Å². The molecule has 0 fully saturated rings. The lowest BCUT2D eigenvalue weighted by molar-refractivity contribution is 0.481. The topological polar surface area (TPSA) is 78.9 Å². The van der Waals surface area contributed by atoms with Crippen LogP contribution in [-0.2, 0) is 0 Å². The molecule has 0 bridgehead atoms. The lowest BCUT2D eigenvalue weighted by Crippen LogP contribution is -2.10. The molecule has 2 N–H and O–H groups in total. The molecule has 0 saturated carbocycles. The molecule has 22 heavy (non-hydrogen) atoms. The summed E-state index contributed by atoms with van der Waals surface area (Å²) in [6.45, 7) is 0. The molecule has 2 aromatic heterocycles. The Kier molecular flexibility index (Phi) is 2.66. The highest BCUT2D eigenvalue weighted by atomic mass is 16.3. The van der Waals surface area contributed by atoms with Gasteiger partial charge in [-0.3, -0.25) is 4.79 Å². The first kappa shape index (κ1) is 12.5. The fraction of sp³-hybridized carbons (Fsp3) is 0. The molecule has 0 amide bonds. The zero-order chi connectivity index (χ0) is 15.1. The quantitative estimate of drug-likeness (QED) is 0.564. The lowest BCUT2D eigenvalue weighted by atomic mass is 9.98. The van der Waals surface area contributed by atoms with E-state index in [2.05, 4.69) is 15.0 Å². The van der Waals surface area contributed by atoms with E-state index in [0.29, 0.717) is 5.56 Å². The van der Waals surface area contributed by atoms with Crippen LogP contribution in [0.5, 0.6) is 5.75 Å². The van der Waals surface area contributed by atoms with Gasteiger partial charge in [-0.05, 0) is 16.3 Å². The van der Waals surface area contributed by atoms with Crippen LogP contribution in [0.3, 0.4) is 0 Å². The summed E-state index contributed by atoms with van der Waals surface area (Å²) in [5.41, 5.74) is 1.05. The predicted octanol–water partition coefficient (Wildman–Crippen LogP) is 2.84. The SMILES string of the molecule is O=c1[nH]c2nccnc2c(O)c1-c1cccc2ccccc12. The van der Waals surface area contributed by atoms with E-state index in [9.17, 15) is 9.90 Å². The van der Waals surface area contributed by atoms with Crippen molar-refractivity contribution in [1.82, 2.24) is 15.0 Å². The van der Waals surface area contributed by atoms with Crippen molar-refractivity contribution in [3.63, 3.8) is 0 Å². The molecule has 4 rings (SSSR count). The Bertz CT molecular complexity index is 1060. The first-order valence-corrected chi connectivity index (χ1v) is 6.80. The molecule has 0 radical (unpaired) electrons. The molecular weight excluding hydrogens is 278 g/mol. The van der Waals surface area contributed by atoms with Gasteiger partial charge >= 0.3 is 0 Å². The number of nitrogens with one attached hydrogen (secondary N) is 1. The normalized spacial score (nSPS) is 11.1. The number of hydrogen-bond acceptors (Lipinski definition) is 4. The van der Waals surface area contributed by atoms with E-state index in [-0.39, 0.29) is 28.0 Å². The maximum absolute atomic E-state index is 12.4. The minimum absolute atomic E-state index is 0.150. The maximum Gasteiger partial charge on any atom is 0.261 e. The highest BCUT2D eigenvalue weighted by Gasteiger charge is 2.16. The molecular formula is C17H11N3O2. The minimum Gasteiger partial charge on any atom is -0.505 e. The summed E-state index contributed by atoms with van der Waals surface area (Å²) in [5.74, 6) is -0.150. The summed E-state index contributed by atoms with van der Waals surface area (Å²) in [5, 5.41) is 12.4. The zero-order valence-corrected chi connectivity index (χ0v) is 11.4. The van der Waals surface area contributed by atoms with Gasteiger partial charge in [-0.15, -0.1) is 0 Å². The fourth-order valence-corrected chi connectivity index (χ4v) is 2.69. The first-order valence-electron chi connectivity index (χ1n) is 6.80. The Balaban J connectivity index is 2.15. The van der Waals surface area contributed by atoms with E-state index in [1.54, 1.807) is 0 Å². The van der Waals surface area contributed by atoms with Crippen LogP contribution in [0.15, 0.2) is 59.7 Å². The molecule has 4 aromatic rings. The highest BCUT2D eigenvalue weighted by molar-refractivity contribution is 6.00. The Hall–Kier alpha value is -3.21. The number of aromatic hydroxyl groups is 1. The maximum atomic E-state index is 12.4. The number of benzene rings is 2. The highest BCUT2D eigenvalue weighted by Crippen LogP contribution is 2.34. The van der Waals surface area contributed by atoms with E-state index in [0.717, 1.165) is 10.8 Å². The van der Waals surface area contributed by atoms with Crippen LogP contribution < -0.4 is 5.56 Å². The molecule has 0 saturated heterocycles. The van der Waals surface area contributed by atoms with Crippen LogP contribution >= 0.6 is 0 Å². The van der Waals surface area contributed by atoms with Crippen molar-refractivity contribution in [2.75, 3.05) is 0 Å². The number of H-pyrrole nitrogens is 1. The van der Waals surface area contributed by atoms with Crippen molar-refractivity contribution in [1.29, 1.82) is 0 Å². The number of aromatic amines is 1. The van der Waals surface area contributed by atoms with Gasteiger partial charge in [0, 0.05) is 12.4 Å². The summed E-state index contributed by atoms with van der Waals surface area (Å²) in [4.78, 5) is 23.2. The fourth-order valence-electron chi connectivity index (χ4n) is 2.69. The Labute approximate surface area is 124 Å². The summed E-state index contributed by atoms with van der Waals surface area (Å²) >= 11 is 0. The van der Waals surface area contributed by atoms with E-state index in [1.807, 2.05) is 42.5 Å². The van der Waals surface area contributed by atoms with Crippen LogP contribution in [0.1, 0.15) is 0 Å². The van der Waals surface area contributed by atoms with Crippen LogP contribution in [0, 0.1) is 0 Å². The Morgan fingerprint density at radius 1 is 0.955 bits per heavy atom. The average molecular weight is 289 g/mol. The third kappa shape index (κ3) is 1.76. The van der Waals surface area contributed by atoms with Crippen LogP contribution in [0.4, 0.5) is 0 Å². The second kappa shape index (κ2) is 4.66. The Morgan fingerprint density at radius 3 is 2.64 bits per heavy atom. The van der Waals surface area contributed by atoms with Gasteiger partial charge in [-0.2, -0.15) is 0 Å². The van der Waals surface area contributed by atoms with Crippen molar-refractivity contribution in [2.45, 2.75) is 0 Å². The van der Waals surface area contributed by atoms with Gasteiger partial charge in [0.2, 0.25) is 0 Å². The molecule has 106 valence electrons. The smallest absolute Gasteiger partial charge is 0.261 e. The summed E-state index contributed by atoms with van der Waals surface area (Å²) in [7, 11) is 0. The van der Waals surface area contributed by atoms with Gasteiger partial charge in [0.25, 0.3) is 5.56 Å². The number of rotatable bonds is 1. The molecule has 0 aliphatic heterocycles. The van der Waals surface area contributed by atoms with Crippen molar-refractivity contribution in [3.05, 3.63) is 65.2 Å². The van der Waals surface area contributed by atoms with Gasteiger partial charge in [0.1, 0.15) is 5.52 Å². The number of nitrogens with zero attached hydrogens (tertiary/aromatic N) is 2. The van der Waals surface area contributed by atoms with E-state index < -0.39 is 0 Å². The molecule has 2 aromatic carbocycles. The standard InChI is InChI=1S/C17H11N3O2/c21-15-13(17(22)20-16-14(15)18-8-9-19-16)12-7-3-5-10-4-1-2-6-11(10)12/h1-9H,(H2,19,20,21,22). The van der Waals surface area contributed by atoms with Gasteiger partial charge in [0.15, 0.2) is 11.4 Å². The Morgan fingerprint density at radius 2 is 1.73 bits per heavy atom. The first-order chi connectivity index (χ1) is 10.8. The van der Waals surface area contributed by atoms with Crippen LogP contribution in [-0.4, -0.2) is 20.1 Å².